The second-order valence-electron chi connectivity index (χ2n) is 8.71. The molecule has 0 fully saturated rings. The summed E-state index contributed by atoms with van der Waals surface area (Å²) in [7, 11) is 0. The van der Waals surface area contributed by atoms with E-state index in [0.717, 1.165) is 22.5 Å². The van der Waals surface area contributed by atoms with Gasteiger partial charge in [-0.2, -0.15) is 0 Å². The standard InChI is InChI=1S/C22H22N.C11H8N.Ir/c1-14-11-12-23-22(21(14)19-9-7-6-8-10-19)20-13-15(2)16(3)17(4)18(20)5;1-2-6-10(7-3-1)11-8-4-5-9-12-11;/h6-12H,1-5H3;1-6,8-9H;/q2*-1;. The van der Waals surface area contributed by atoms with Crippen LogP contribution < -0.4 is 0 Å². The van der Waals surface area contributed by atoms with Crippen LogP contribution in [0.4, 0.5) is 0 Å². The summed E-state index contributed by atoms with van der Waals surface area (Å²) in [5, 5.41) is 0. The molecule has 0 atom stereocenters. The summed E-state index contributed by atoms with van der Waals surface area (Å²) >= 11 is 0. The molecule has 0 aliphatic carbocycles. The van der Waals surface area contributed by atoms with Crippen molar-refractivity contribution in [1.82, 2.24) is 9.97 Å². The topological polar surface area (TPSA) is 25.8 Å². The van der Waals surface area contributed by atoms with Gasteiger partial charge in [0, 0.05) is 32.5 Å². The summed E-state index contributed by atoms with van der Waals surface area (Å²) in [6.07, 6.45) is 3.69. The average Bonchev–Trinajstić information content (AvgIpc) is 2.91. The van der Waals surface area contributed by atoms with Crippen LogP contribution in [0.25, 0.3) is 33.6 Å². The van der Waals surface area contributed by atoms with E-state index in [1.54, 1.807) is 6.20 Å². The Labute approximate surface area is 228 Å². The molecule has 3 aromatic carbocycles. The van der Waals surface area contributed by atoms with Gasteiger partial charge in [-0.05, 0) is 47.1 Å². The van der Waals surface area contributed by atoms with Crippen molar-refractivity contribution >= 4 is 0 Å². The zero-order valence-corrected chi connectivity index (χ0v) is 23.8. The number of nitrogens with zero attached hydrogens (tertiary/aromatic N) is 2. The number of rotatable bonds is 3. The van der Waals surface area contributed by atoms with Crippen molar-refractivity contribution in [2.24, 2.45) is 0 Å². The molecule has 183 valence electrons. The number of hydrogen-bond acceptors (Lipinski definition) is 2. The summed E-state index contributed by atoms with van der Waals surface area (Å²) in [6, 6.07) is 33.0. The Kier molecular flexibility index (Phi) is 9.47. The molecule has 0 aliphatic heterocycles. The summed E-state index contributed by atoms with van der Waals surface area (Å²) in [5.74, 6) is 0. The van der Waals surface area contributed by atoms with E-state index in [-0.39, 0.29) is 20.1 Å². The summed E-state index contributed by atoms with van der Waals surface area (Å²) in [4.78, 5) is 8.95. The van der Waals surface area contributed by atoms with E-state index in [2.05, 4.69) is 82.1 Å². The molecule has 0 amide bonds. The molecule has 0 aliphatic rings. The smallest absolute Gasteiger partial charge is 0.0163 e. The zero-order chi connectivity index (χ0) is 24.8. The van der Waals surface area contributed by atoms with Crippen molar-refractivity contribution in [3.8, 4) is 33.6 Å². The van der Waals surface area contributed by atoms with Crippen LogP contribution in [0, 0.1) is 46.8 Å². The number of aryl methyl sites for hydroxylation is 2. The second-order valence-corrected chi connectivity index (χ2v) is 8.71. The molecule has 0 bridgehead atoms. The third kappa shape index (κ3) is 6.05. The Bertz CT molecular complexity index is 1380. The maximum Gasteiger partial charge on any atom is 0.0163 e. The third-order valence-corrected chi connectivity index (χ3v) is 6.48. The molecule has 5 aromatic rings. The summed E-state index contributed by atoms with van der Waals surface area (Å²) in [6.45, 7) is 10.8. The van der Waals surface area contributed by atoms with Gasteiger partial charge in [0.05, 0.1) is 0 Å². The Morgan fingerprint density at radius 2 is 1.36 bits per heavy atom. The normalized spacial score (nSPS) is 10.1. The van der Waals surface area contributed by atoms with E-state index in [4.69, 9.17) is 4.98 Å². The van der Waals surface area contributed by atoms with Crippen LogP contribution in [-0.4, -0.2) is 9.97 Å². The quantitative estimate of drug-likeness (QED) is 0.184. The van der Waals surface area contributed by atoms with Crippen molar-refractivity contribution in [3.63, 3.8) is 0 Å². The van der Waals surface area contributed by atoms with Gasteiger partial charge in [-0.15, -0.1) is 69.8 Å². The van der Waals surface area contributed by atoms with Crippen LogP contribution in [0.2, 0.25) is 0 Å². The minimum Gasteiger partial charge on any atom is -0.305 e. The van der Waals surface area contributed by atoms with E-state index < -0.39 is 0 Å². The van der Waals surface area contributed by atoms with Crippen LogP contribution in [0.5, 0.6) is 0 Å². The molecular formula is C33H30IrN2-2. The number of aromatic nitrogens is 2. The molecule has 0 unspecified atom stereocenters. The monoisotopic (exact) mass is 647 g/mol. The van der Waals surface area contributed by atoms with Gasteiger partial charge in [0.2, 0.25) is 0 Å². The maximum atomic E-state index is 4.73. The van der Waals surface area contributed by atoms with E-state index in [1.165, 1.54) is 38.9 Å². The van der Waals surface area contributed by atoms with Crippen molar-refractivity contribution in [3.05, 3.63) is 131 Å². The van der Waals surface area contributed by atoms with Gasteiger partial charge in [0.25, 0.3) is 0 Å². The first-order valence-electron chi connectivity index (χ1n) is 11.9. The first-order chi connectivity index (χ1) is 17.0. The molecule has 1 radical (unpaired) electrons. The minimum absolute atomic E-state index is 0. The van der Waals surface area contributed by atoms with Crippen molar-refractivity contribution in [1.29, 1.82) is 0 Å². The van der Waals surface area contributed by atoms with Gasteiger partial charge in [-0.25, -0.2) is 0 Å². The summed E-state index contributed by atoms with van der Waals surface area (Å²) in [5.41, 5.74) is 12.9. The average molecular weight is 647 g/mol. The van der Waals surface area contributed by atoms with E-state index >= 15 is 0 Å². The Hall–Kier alpha value is -3.39. The van der Waals surface area contributed by atoms with Crippen LogP contribution in [0.3, 0.4) is 0 Å². The molecular weight excluding hydrogens is 617 g/mol. The van der Waals surface area contributed by atoms with Crippen LogP contribution >= 0.6 is 0 Å². The first kappa shape index (κ1) is 27.2. The predicted octanol–water partition coefficient (Wildman–Crippen LogP) is 8.30. The van der Waals surface area contributed by atoms with Crippen LogP contribution in [-0.2, 0) is 20.1 Å². The maximum absolute atomic E-state index is 4.73. The Morgan fingerprint density at radius 1 is 0.639 bits per heavy atom. The molecule has 0 N–H and O–H groups in total. The van der Waals surface area contributed by atoms with E-state index in [9.17, 15) is 0 Å². The van der Waals surface area contributed by atoms with Gasteiger partial charge in [0.1, 0.15) is 0 Å². The predicted molar refractivity (Wildman–Crippen MR) is 146 cm³/mol. The Morgan fingerprint density at radius 3 is 2.03 bits per heavy atom. The first-order valence-corrected chi connectivity index (χ1v) is 11.9. The molecule has 0 saturated heterocycles. The minimum atomic E-state index is 0. The third-order valence-electron chi connectivity index (χ3n) is 6.48. The second kappa shape index (κ2) is 12.5. The van der Waals surface area contributed by atoms with E-state index in [0.29, 0.717) is 0 Å². The van der Waals surface area contributed by atoms with Crippen LogP contribution in [0.1, 0.15) is 27.8 Å². The molecule has 2 aromatic heterocycles. The van der Waals surface area contributed by atoms with Gasteiger partial charge < -0.3 is 9.97 Å². The fourth-order valence-electron chi connectivity index (χ4n) is 4.15. The van der Waals surface area contributed by atoms with Gasteiger partial charge in [-0.3, -0.25) is 0 Å². The fourth-order valence-corrected chi connectivity index (χ4v) is 4.15. The van der Waals surface area contributed by atoms with Crippen LogP contribution in [0.15, 0.2) is 91.3 Å². The fraction of sp³-hybridized carbons (Fsp3) is 0.152. The molecule has 2 heterocycles. The Balaban J connectivity index is 0.000000234. The number of benzene rings is 3. The molecule has 3 heteroatoms. The van der Waals surface area contributed by atoms with Gasteiger partial charge >= 0.3 is 0 Å². The largest absolute Gasteiger partial charge is 0.305 e. The number of hydrogen-bond donors (Lipinski definition) is 0. The van der Waals surface area contributed by atoms with Crippen molar-refractivity contribution in [2.75, 3.05) is 0 Å². The zero-order valence-electron chi connectivity index (χ0n) is 21.4. The number of pyridine rings is 2. The molecule has 36 heavy (non-hydrogen) atoms. The van der Waals surface area contributed by atoms with Crippen molar-refractivity contribution < 1.29 is 20.1 Å². The summed E-state index contributed by atoms with van der Waals surface area (Å²) < 4.78 is 0. The molecule has 0 spiro atoms. The molecule has 5 rings (SSSR count). The molecule has 0 saturated carbocycles. The van der Waals surface area contributed by atoms with Gasteiger partial charge in [0.15, 0.2) is 0 Å². The SMILES string of the molecule is Cc1[c-]c(-c2nccc(C)c2-c2ccccc2)c(C)c(C)c1C.[Ir].[c-]1ccccc1-c1ccccn1. The van der Waals surface area contributed by atoms with Crippen molar-refractivity contribution in [2.45, 2.75) is 34.6 Å². The van der Waals surface area contributed by atoms with Gasteiger partial charge in [-0.1, -0.05) is 70.2 Å². The van der Waals surface area contributed by atoms with E-state index in [1.807, 2.05) is 54.7 Å². The molecule has 2 nitrogen and oxygen atoms in total.